The molecule has 0 spiro atoms. The van der Waals surface area contributed by atoms with Gasteiger partial charge in [0.2, 0.25) is 0 Å². The van der Waals surface area contributed by atoms with Crippen LogP contribution in [0, 0.1) is 0 Å². The lowest BCUT2D eigenvalue weighted by Crippen LogP contribution is -2.39. The third-order valence-corrected chi connectivity index (χ3v) is 4.05. The fourth-order valence-corrected chi connectivity index (χ4v) is 3.03. The maximum Gasteiger partial charge on any atom is 0.310 e. The van der Waals surface area contributed by atoms with Crippen LogP contribution in [0.3, 0.4) is 0 Å². The Morgan fingerprint density at radius 2 is 1.58 bits per heavy atom. The first kappa shape index (κ1) is 14.4. The molecule has 0 aromatic rings. The standard InChI is InChI=1S/C15H26N2O2/c1-12(18)19-15(16-13-8-4-2-5-9-13)17-14-10-6-3-7-11-14/h13-14H,2-11H2,1H3,(H,16,17). The van der Waals surface area contributed by atoms with Crippen molar-refractivity contribution in [2.24, 2.45) is 4.99 Å². The molecule has 4 nitrogen and oxygen atoms in total. The number of carbonyl (C=O) groups is 1. The molecule has 2 saturated carbocycles. The number of ether oxygens (including phenoxy) is 1. The summed E-state index contributed by atoms with van der Waals surface area (Å²) in [6.45, 7) is 1.44. The number of aliphatic imine (C=N–C) groups is 1. The zero-order chi connectivity index (χ0) is 13.5. The molecule has 2 fully saturated rings. The van der Waals surface area contributed by atoms with E-state index in [1.807, 2.05) is 0 Å². The second-order valence-electron chi connectivity index (χ2n) is 5.80. The van der Waals surface area contributed by atoms with Crippen LogP contribution >= 0.6 is 0 Å². The molecule has 0 heterocycles. The third kappa shape index (κ3) is 5.21. The van der Waals surface area contributed by atoms with Crippen LogP contribution < -0.4 is 5.32 Å². The molecule has 4 heteroatoms. The first-order chi connectivity index (χ1) is 9.24. The topological polar surface area (TPSA) is 50.7 Å². The van der Waals surface area contributed by atoms with Crippen LogP contribution in [0.5, 0.6) is 0 Å². The number of rotatable bonds is 2. The van der Waals surface area contributed by atoms with Crippen LogP contribution in [0.25, 0.3) is 0 Å². The van der Waals surface area contributed by atoms with Crippen LogP contribution in [0.1, 0.15) is 71.1 Å². The minimum absolute atomic E-state index is 0.280. The summed E-state index contributed by atoms with van der Waals surface area (Å²) >= 11 is 0. The molecule has 0 radical (unpaired) electrons. The van der Waals surface area contributed by atoms with Gasteiger partial charge >= 0.3 is 5.97 Å². The van der Waals surface area contributed by atoms with E-state index in [1.54, 1.807) is 0 Å². The van der Waals surface area contributed by atoms with Crippen molar-refractivity contribution in [3.8, 4) is 0 Å². The van der Waals surface area contributed by atoms with E-state index >= 15 is 0 Å². The lowest BCUT2D eigenvalue weighted by molar-refractivity contribution is -0.133. The van der Waals surface area contributed by atoms with E-state index in [4.69, 9.17) is 4.74 Å². The third-order valence-electron chi connectivity index (χ3n) is 4.05. The summed E-state index contributed by atoms with van der Waals surface area (Å²) in [4.78, 5) is 15.8. The lowest BCUT2D eigenvalue weighted by Gasteiger charge is -2.25. The Bertz CT molecular complexity index is 316. The van der Waals surface area contributed by atoms with Crippen LogP contribution in [-0.4, -0.2) is 24.1 Å². The predicted octanol–water partition coefficient (Wildman–Crippen LogP) is 3.16. The Labute approximate surface area is 116 Å². The average molecular weight is 266 g/mol. The van der Waals surface area contributed by atoms with Crippen molar-refractivity contribution in [3.63, 3.8) is 0 Å². The van der Waals surface area contributed by atoms with Crippen LogP contribution in [0.15, 0.2) is 4.99 Å². The molecular formula is C15H26N2O2. The van der Waals surface area contributed by atoms with E-state index in [9.17, 15) is 4.79 Å². The monoisotopic (exact) mass is 266 g/mol. The Morgan fingerprint density at radius 1 is 1.00 bits per heavy atom. The summed E-state index contributed by atoms with van der Waals surface area (Å²) in [5.41, 5.74) is 0. The Kier molecular flexibility index (Phi) is 5.67. The molecule has 0 atom stereocenters. The SMILES string of the molecule is CC(=O)O/C(=N/C1CCCCC1)NC1CCCCC1. The van der Waals surface area contributed by atoms with Gasteiger partial charge in [-0.05, 0) is 25.7 Å². The van der Waals surface area contributed by atoms with Crippen molar-refractivity contribution in [1.82, 2.24) is 5.32 Å². The minimum Gasteiger partial charge on any atom is -0.393 e. The van der Waals surface area contributed by atoms with E-state index in [1.165, 1.54) is 45.4 Å². The van der Waals surface area contributed by atoms with Gasteiger partial charge in [0, 0.05) is 13.0 Å². The molecule has 1 N–H and O–H groups in total. The average Bonchev–Trinajstić information content (AvgIpc) is 2.40. The quantitative estimate of drug-likeness (QED) is 0.474. The van der Waals surface area contributed by atoms with Gasteiger partial charge in [0.1, 0.15) is 0 Å². The Balaban J connectivity index is 1.92. The van der Waals surface area contributed by atoms with Crippen molar-refractivity contribution in [2.75, 3.05) is 0 Å². The summed E-state index contributed by atoms with van der Waals surface area (Å²) in [5.74, 6) is -0.280. The zero-order valence-electron chi connectivity index (χ0n) is 12.0. The molecule has 108 valence electrons. The highest BCUT2D eigenvalue weighted by Crippen LogP contribution is 2.21. The summed E-state index contributed by atoms with van der Waals surface area (Å²) in [6, 6.07) is 1.22. The number of nitrogens with one attached hydrogen (secondary N) is 1. The van der Waals surface area contributed by atoms with Crippen molar-refractivity contribution in [3.05, 3.63) is 0 Å². The molecule has 0 aromatic heterocycles. The van der Waals surface area contributed by atoms with Gasteiger partial charge in [0.05, 0.1) is 6.04 Å². The van der Waals surface area contributed by atoms with Gasteiger partial charge in [-0.3, -0.25) is 4.79 Å². The molecule has 0 amide bonds. The highest BCUT2D eigenvalue weighted by molar-refractivity contribution is 5.86. The first-order valence-electron chi connectivity index (χ1n) is 7.77. The molecule has 0 aliphatic heterocycles. The molecular weight excluding hydrogens is 240 g/mol. The van der Waals surface area contributed by atoms with E-state index in [0.29, 0.717) is 18.1 Å². The molecule has 0 bridgehead atoms. The number of amidine groups is 1. The van der Waals surface area contributed by atoms with Crippen molar-refractivity contribution in [2.45, 2.75) is 83.2 Å². The predicted molar refractivity (Wildman–Crippen MR) is 76.1 cm³/mol. The normalized spacial score (nSPS) is 23.1. The molecule has 2 aliphatic rings. The molecule has 0 saturated heterocycles. The van der Waals surface area contributed by atoms with Gasteiger partial charge in [-0.1, -0.05) is 38.5 Å². The summed E-state index contributed by atoms with van der Waals surface area (Å²) < 4.78 is 5.26. The van der Waals surface area contributed by atoms with E-state index in [2.05, 4.69) is 10.3 Å². The van der Waals surface area contributed by atoms with Gasteiger partial charge in [0.15, 0.2) is 0 Å². The van der Waals surface area contributed by atoms with Crippen LogP contribution in [-0.2, 0) is 9.53 Å². The number of hydrogen-bond donors (Lipinski definition) is 1. The number of esters is 1. The Hall–Kier alpha value is -1.06. The van der Waals surface area contributed by atoms with Crippen LogP contribution in [0.4, 0.5) is 0 Å². The van der Waals surface area contributed by atoms with Gasteiger partial charge in [-0.15, -0.1) is 0 Å². The van der Waals surface area contributed by atoms with Gasteiger partial charge < -0.3 is 10.1 Å². The first-order valence-corrected chi connectivity index (χ1v) is 7.77. The van der Waals surface area contributed by atoms with Crippen LogP contribution in [0.2, 0.25) is 0 Å². The van der Waals surface area contributed by atoms with E-state index in [0.717, 1.165) is 25.7 Å². The number of nitrogens with zero attached hydrogens (tertiary/aromatic N) is 1. The minimum atomic E-state index is -0.280. The lowest BCUT2D eigenvalue weighted by atomic mass is 9.95. The van der Waals surface area contributed by atoms with Crippen molar-refractivity contribution >= 4 is 12.0 Å². The summed E-state index contributed by atoms with van der Waals surface area (Å²) in [7, 11) is 0. The maximum absolute atomic E-state index is 11.2. The molecule has 0 aromatic carbocycles. The maximum atomic E-state index is 11.2. The molecule has 2 aliphatic carbocycles. The molecule has 0 unspecified atom stereocenters. The van der Waals surface area contributed by atoms with Gasteiger partial charge in [0.25, 0.3) is 6.02 Å². The second-order valence-corrected chi connectivity index (χ2v) is 5.80. The van der Waals surface area contributed by atoms with E-state index in [-0.39, 0.29) is 5.97 Å². The smallest absolute Gasteiger partial charge is 0.310 e. The Morgan fingerprint density at radius 3 is 2.16 bits per heavy atom. The molecule has 2 rings (SSSR count). The fraction of sp³-hybridized carbons (Fsp3) is 0.867. The fourth-order valence-electron chi connectivity index (χ4n) is 3.03. The number of hydrogen-bond acceptors (Lipinski definition) is 3. The van der Waals surface area contributed by atoms with Gasteiger partial charge in [-0.2, -0.15) is 0 Å². The van der Waals surface area contributed by atoms with Crippen molar-refractivity contribution < 1.29 is 9.53 Å². The van der Waals surface area contributed by atoms with Crippen molar-refractivity contribution in [1.29, 1.82) is 0 Å². The zero-order valence-corrected chi connectivity index (χ0v) is 12.0. The largest absolute Gasteiger partial charge is 0.393 e. The summed E-state index contributed by atoms with van der Waals surface area (Å²) in [6.07, 6.45) is 12.2. The second kappa shape index (κ2) is 7.51. The highest BCUT2D eigenvalue weighted by atomic mass is 16.6. The molecule has 19 heavy (non-hydrogen) atoms. The highest BCUT2D eigenvalue weighted by Gasteiger charge is 2.19. The number of carbonyl (C=O) groups excluding carboxylic acids is 1. The van der Waals surface area contributed by atoms with E-state index < -0.39 is 0 Å². The van der Waals surface area contributed by atoms with Gasteiger partial charge in [-0.25, -0.2) is 4.99 Å². The summed E-state index contributed by atoms with van der Waals surface area (Å²) in [5, 5.41) is 3.34.